The minimum Gasteiger partial charge on any atom is -0.336 e. The van der Waals surface area contributed by atoms with E-state index in [9.17, 15) is 26.4 Å². The van der Waals surface area contributed by atoms with Gasteiger partial charge in [0.05, 0.1) is 10.6 Å². The van der Waals surface area contributed by atoms with E-state index in [1.807, 2.05) is 0 Å². The Balaban J connectivity index is 1.75. The lowest BCUT2D eigenvalue weighted by molar-refractivity contribution is 0.0698. The normalized spacial score (nSPS) is 15.8. The zero-order valence-electron chi connectivity index (χ0n) is 13.8. The smallest absolute Gasteiger partial charge is 0.255 e. The Hall–Kier alpha value is -2.10. The average molecular weight is 419 g/mol. The summed E-state index contributed by atoms with van der Waals surface area (Å²) in [7, 11) is -4.24. The van der Waals surface area contributed by atoms with Gasteiger partial charge in [-0.1, -0.05) is 11.6 Å². The van der Waals surface area contributed by atoms with Gasteiger partial charge in [-0.25, -0.2) is 21.6 Å². The van der Waals surface area contributed by atoms with Crippen LogP contribution in [0.1, 0.15) is 10.4 Å². The maximum absolute atomic E-state index is 13.8. The van der Waals surface area contributed by atoms with Gasteiger partial charge in [-0.3, -0.25) is 4.79 Å². The molecule has 0 bridgehead atoms. The molecule has 1 heterocycles. The lowest BCUT2D eigenvalue weighted by Crippen LogP contribution is -2.50. The molecule has 0 N–H and O–H groups in total. The number of amides is 1. The predicted octanol–water partition coefficient (Wildman–Crippen LogP) is 2.90. The SMILES string of the molecule is O=C(c1ccc(F)cc1Cl)N1CCN(S(=O)(=O)c2cc(F)ccc2F)CC1. The highest BCUT2D eigenvalue weighted by molar-refractivity contribution is 7.89. The summed E-state index contributed by atoms with van der Waals surface area (Å²) in [6.45, 7) is -0.128. The van der Waals surface area contributed by atoms with Crippen molar-refractivity contribution in [1.82, 2.24) is 9.21 Å². The summed E-state index contributed by atoms with van der Waals surface area (Å²) in [5, 5.41) is -0.0446. The van der Waals surface area contributed by atoms with Gasteiger partial charge < -0.3 is 4.90 Å². The molecule has 0 atom stereocenters. The van der Waals surface area contributed by atoms with E-state index in [0.717, 1.165) is 28.6 Å². The largest absolute Gasteiger partial charge is 0.336 e. The third-order valence-electron chi connectivity index (χ3n) is 4.20. The molecule has 0 aliphatic carbocycles. The fourth-order valence-corrected chi connectivity index (χ4v) is 4.53. The van der Waals surface area contributed by atoms with Crippen LogP contribution >= 0.6 is 11.6 Å². The number of rotatable bonds is 3. The standard InChI is InChI=1S/C17H14ClF3N2O3S/c18-14-9-11(19)1-3-13(14)17(24)22-5-7-23(8-6-22)27(25,26)16-10-12(20)2-4-15(16)21/h1-4,9-10H,5-8H2. The maximum Gasteiger partial charge on any atom is 0.255 e. The predicted molar refractivity (Wildman–Crippen MR) is 92.4 cm³/mol. The zero-order valence-corrected chi connectivity index (χ0v) is 15.4. The van der Waals surface area contributed by atoms with E-state index in [-0.39, 0.29) is 36.8 Å². The molecule has 1 amide bonds. The number of nitrogens with zero attached hydrogens (tertiary/aromatic N) is 2. The number of hydrogen-bond donors (Lipinski definition) is 0. The molecule has 1 aliphatic rings. The minimum absolute atomic E-state index is 0.0305. The Kier molecular flexibility index (Phi) is 5.45. The van der Waals surface area contributed by atoms with E-state index in [4.69, 9.17) is 11.6 Å². The molecule has 0 radical (unpaired) electrons. The first-order valence-corrected chi connectivity index (χ1v) is 9.71. The summed E-state index contributed by atoms with van der Waals surface area (Å²) in [6.07, 6.45) is 0. The molecular weight excluding hydrogens is 405 g/mol. The van der Waals surface area contributed by atoms with Crippen LogP contribution in [0.15, 0.2) is 41.3 Å². The van der Waals surface area contributed by atoms with Crippen LogP contribution in [0.4, 0.5) is 13.2 Å². The van der Waals surface area contributed by atoms with Crippen molar-refractivity contribution in [2.45, 2.75) is 4.90 Å². The number of halogens is 4. The second-order valence-corrected chi connectivity index (χ2v) is 8.21. The van der Waals surface area contributed by atoms with Crippen LogP contribution in [0.3, 0.4) is 0 Å². The molecular formula is C17H14ClF3N2O3S. The van der Waals surface area contributed by atoms with Crippen molar-refractivity contribution < 1.29 is 26.4 Å². The number of benzene rings is 2. The highest BCUT2D eigenvalue weighted by Crippen LogP contribution is 2.23. The van der Waals surface area contributed by atoms with Crippen molar-refractivity contribution in [1.29, 1.82) is 0 Å². The molecule has 0 saturated carbocycles. The van der Waals surface area contributed by atoms with Gasteiger partial charge in [0.25, 0.3) is 5.91 Å². The van der Waals surface area contributed by atoms with Gasteiger partial charge in [0.1, 0.15) is 22.3 Å². The number of sulfonamides is 1. The molecule has 1 aliphatic heterocycles. The van der Waals surface area contributed by atoms with Gasteiger partial charge in [-0.15, -0.1) is 0 Å². The Morgan fingerprint density at radius 3 is 2.15 bits per heavy atom. The van der Waals surface area contributed by atoms with Gasteiger partial charge in [0, 0.05) is 26.2 Å². The topological polar surface area (TPSA) is 57.7 Å². The number of carbonyl (C=O) groups excluding carboxylic acids is 1. The first kappa shape index (κ1) is 19.7. The molecule has 0 unspecified atom stereocenters. The van der Waals surface area contributed by atoms with Crippen molar-refractivity contribution in [3.8, 4) is 0 Å². The summed E-state index contributed by atoms with van der Waals surface area (Å²) in [6, 6.07) is 5.58. The Bertz CT molecular complexity index is 993. The Morgan fingerprint density at radius 2 is 1.52 bits per heavy atom. The molecule has 0 aromatic heterocycles. The highest BCUT2D eigenvalue weighted by atomic mass is 35.5. The monoisotopic (exact) mass is 418 g/mol. The maximum atomic E-state index is 13.8. The summed E-state index contributed by atoms with van der Waals surface area (Å²) >= 11 is 5.89. The summed E-state index contributed by atoms with van der Waals surface area (Å²) in [5.41, 5.74) is 0.102. The number of piperazine rings is 1. The van der Waals surface area contributed by atoms with Crippen molar-refractivity contribution in [2.75, 3.05) is 26.2 Å². The number of carbonyl (C=O) groups is 1. The molecule has 144 valence electrons. The van der Waals surface area contributed by atoms with Crippen molar-refractivity contribution in [3.63, 3.8) is 0 Å². The summed E-state index contributed by atoms with van der Waals surface area (Å²) in [4.78, 5) is 13.1. The Labute approximate surface area is 159 Å². The molecule has 10 heteroatoms. The number of hydrogen-bond acceptors (Lipinski definition) is 3. The highest BCUT2D eigenvalue weighted by Gasteiger charge is 2.32. The van der Waals surface area contributed by atoms with Crippen LogP contribution in [0.5, 0.6) is 0 Å². The fourth-order valence-electron chi connectivity index (χ4n) is 2.78. The molecule has 1 fully saturated rings. The minimum atomic E-state index is -4.24. The third kappa shape index (κ3) is 3.95. The second-order valence-electron chi connectivity index (χ2n) is 5.90. The van der Waals surface area contributed by atoms with Crippen LogP contribution in [0.25, 0.3) is 0 Å². The fraction of sp³-hybridized carbons (Fsp3) is 0.235. The zero-order chi connectivity index (χ0) is 19.8. The summed E-state index contributed by atoms with van der Waals surface area (Å²) in [5.74, 6) is -2.96. The van der Waals surface area contributed by atoms with Crippen LogP contribution in [-0.2, 0) is 10.0 Å². The molecule has 2 aromatic rings. The quantitative estimate of drug-likeness (QED) is 0.770. The molecule has 5 nitrogen and oxygen atoms in total. The van der Waals surface area contributed by atoms with Gasteiger partial charge in [0.15, 0.2) is 0 Å². The van der Waals surface area contributed by atoms with Gasteiger partial charge in [-0.2, -0.15) is 4.31 Å². The molecule has 0 spiro atoms. The van der Waals surface area contributed by atoms with Crippen molar-refractivity contribution in [2.24, 2.45) is 0 Å². The van der Waals surface area contributed by atoms with Crippen molar-refractivity contribution >= 4 is 27.5 Å². The van der Waals surface area contributed by atoms with E-state index in [0.29, 0.717) is 6.07 Å². The van der Waals surface area contributed by atoms with Crippen LogP contribution in [0, 0.1) is 17.5 Å². The first-order valence-electron chi connectivity index (χ1n) is 7.89. The molecule has 2 aromatic carbocycles. The van der Waals surface area contributed by atoms with E-state index in [1.165, 1.54) is 11.0 Å². The third-order valence-corrected chi connectivity index (χ3v) is 6.42. The Morgan fingerprint density at radius 1 is 0.926 bits per heavy atom. The second kappa shape index (κ2) is 7.49. The van der Waals surface area contributed by atoms with Gasteiger partial charge in [0.2, 0.25) is 10.0 Å². The van der Waals surface area contributed by atoms with Gasteiger partial charge >= 0.3 is 0 Å². The lowest BCUT2D eigenvalue weighted by atomic mass is 10.2. The molecule has 27 heavy (non-hydrogen) atoms. The molecule has 1 saturated heterocycles. The van der Waals surface area contributed by atoms with Crippen LogP contribution in [-0.4, -0.2) is 49.7 Å². The first-order chi connectivity index (χ1) is 12.7. The molecule has 3 rings (SSSR count). The van der Waals surface area contributed by atoms with Crippen LogP contribution < -0.4 is 0 Å². The van der Waals surface area contributed by atoms with Crippen LogP contribution in [0.2, 0.25) is 5.02 Å². The van der Waals surface area contributed by atoms with E-state index >= 15 is 0 Å². The van der Waals surface area contributed by atoms with E-state index < -0.39 is 38.3 Å². The summed E-state index contributed by atoms with van der Waals surface area (Å²) < 4.78 is 66.4. The van der Waals surface area contributed by atoms with Gasteiger partial charge in [-0.05, 0) is 36.4 Å². The average Bonchev–Trinajstić information content (AvgIpc) is 2.63. The van der Waals surface area contributed by atoms with E-state index in [1.54, 1.807) is 0 Å². The lowest BCUT2D eigenvalue weighted by Gasteiger charge is -2.34. The van der Waals surface area contributed by atoms with E-state index in [2.05, 4.69) is 0 Å². The van der Waals surface area contributed by atoms with Crippen molar-refractivity contribution in [3.05, 3.63) is 64.4 Å².